The molecule has 0 heterocycles. The highest BCUT2D eigenvalue weighted by molar-refractivity contribution is 5.49. The third kappa shape index (κ3) is 3.80. The molecule has 0 spiro atoms. The van der Waals surface area contributed by atoms with Gasteiger partial charge in [-0.15, -0.1) is 6.42 Å². The molecular formula is C15H22N2. The first-order chi connectivity index (χ1) is 8.22. The predicted octanol–water partition coefficient (Wildman–Crippen LogP) is 2.95. The minimum Gasteiger partial charge on any atom is -0.360 e. The largest absolute Gasteiger partial charge is 0.360 e. The number of terminal acetylenes is 1. The average Bonchev–Trinajstić information content (AvgIpc) is 2.38. The van der Waals surface area contributed by atoms with E-state index in [1.807, 2.05) is 0 Å². The van der Waals surface area contributed by atoms with E-state index in [-0.39, 0.29) is 6.04 Å². The summed E-state index contributed by atoms with van der Waals surface area (Å²) in [7, 11) is 0. The van der Waals surface area contributed by atoms with Gasteiger partial charge in [0.25, 0.3) is 0 Å². The highest BCUT2D eigenvalue weighted by Crippen LogP contribution is 2.19. The van der Waals surface area contributed by atoms with Crippen LogP contribution in [0.5, 0.6) is 0 Å². The third-order valence-electron chi connectivity index (χ3n) is 2.90. The Morgan fingerprint density at radius 1 is 1.29 bits per heavy atom. The van der Waals surface area contributed by atoms with Crippen LogP contribution in [0.4, 0.5) is 5.69 Å². The van der Waals surface area contributed by atoms with E-state index in [9.17, 15) is 0 Å². The summed E-state index contributed by atoms with van der Waals surface area (Å²) in [6, 6.07) is 8.55. The normalized spacial score (nSPS) is 11.9. The van der Waals surface area contributed by atoms with Crippen molar-refractivity contribution in [3.05, 3.63) is 29.8 Å². The van der Waals surface area contributed by atoms with Crippen molar-refractivity contribution in [1.29, 1.82) is 0 Å². The van der Waals surface area contributed by atoms with Gasteiger partial charge in [-0.1, -0.05) is 31.9 Å². The lowest BCUT2D eigenvalue weighted by Crippen LogP contribution is -2.24. The molecule has 1 aromatic carbocycles. The lowest BCUT2D eigenvalue weighted by molar-refractivity contribution is 0.698. The lowest BCUT2D eigenvalue weighted by atomic mass is 10.1. The summed E-state index contributed by atoms with van der Waals surface area (Å²) < 4.78 is 0. The van der Waals surface area contributed by atoms with Crippen molar-refractivity contribution < 1.29 is 0 Å². The Morgan fingerprint density at radius 3 is 2.41 bits per heavy atom. The van der Waals surface area contributed by atoms with Gasteiger partial charge in [-0.3, -0.25) is 0 Å². The van der Waals surface area contributed by atoms with Crippen molar-refractivity contribution in [1.82, 2.24) is 0 Å². The molecule has 1 atom stereocenters. The standard InChI is InChI=1S/C15H22N2/c1-4-11-17(12-5-2)14-9-7-13(8-10-14)15(16)6-3/h1,7-10,15H,5-6,11-12,16H2,2-3H3/t15-/m1/s1. The van der Waals surface area contributed by atoms with Crippen molar-refractivity contribution in [2.45, 2.75) is 32.7 Å². The van der Waals surface area contributed by atoms with E-state index in [0.717, 1.165) is 19.4 Å². The van der Waals surface area contributed by atoms with E-state index in [1.54, 1.807) is 0 Å². The Balaban J connectivity index is 2.80. The van der Waals surface area contributed by atoms with E-state index in [4.69, 9.17) is 12.2 Å². The van der Waals surface area contributed by atoms with Gasteiger partial charge < -0.3 is 10.6 Å². The smallest absolute Gasteiger partial charge is 0.0791 e. The summed E-state index contributed by atoms with van der Waals surface area (Å²) in [6.07, 6.45) is 7.44. The van der Waals surface area contributed by atoms with Gasteiger partial charge in [0.05, 0.1) is 6.54 Å². The van der Waals surface area contributed by atoms with Crippen molar-refractivity contribution in [3.8, 4) is 12.3 Å². The molecule has 0 bridgehead atoms. The molecule has 0 radical (unpaired) electrons. The van der Waals surface area contributed by atoms with Gasteiger partial charge in [0, 0.05) is 18.3 Å². The number of rotatable bonds is 6. The molecule has 92 valence electrons. The minimum atomic E-state index is 0.135. The van der Waals surface area contributed by atoms with Crippen molar-refractivity contribution in [2.24, 2.45) is 5.73 Å². The van der Waals surface area contributed by atoms with Crippen molar-refractivity contribution in [3.63, 3.8) is 0 Å². The van der Waals surface area contributed by atoms with E-state index in [1.165, 1.54) is 11.3 Å². The number of nitrogens with zero attached hydrogens (tertiary/aromatic N) is 1. The summed E-state index contributed by atoms with van der Waals surface area (Å²) in [5.41, 5.74) is 8.36. The Labute approximate surface area is 105 Å². The van der Waals surface area contributed by atoms with Crippen LogP contribution in [0.25, 0.3) is 0 Å². The maximum absolute atomic E-state index is 5.99. The molecule has 0 amide bonds. The molecule has 17 heavy (non-hydrogen) atoms. The van der Waals surface area contributed by atoms with Crippen LogP contribution in [0.3, 0.4) is 0 Å². The second kappa shape index (κ2) is 6.98. The Kier molecular flexibility index (Phi) is 5.59. The summed E-state index contributed by atoms with van der Waals surface area (Å²) >= 11 is 0. The van der Waals surface area contributed by atoms with Gasteiger partial charge in [-0.2, -0.15) is 0 Å². The van der Waals surface area contributed by atoms with Gasteiger partial charge in [0.2, 0.25) is 0 Å². The molecule has 0 saturated heterocycles. The fourth-order valence-electron chi connectivity index (χ4n) is 1.85. The minimum absolute atomic E-state index is 0.135. The first-order valence-electron chi connectivity index (χ1n) is 6.26. The van der Waals surface area contributed by atoms with Crippen molar-refractivity contribution >= 4 is 5.69 Å². The van der Waals surface area contributed by atoms with Crippen LogP contribution in [0.2, 0.25) is 0 Å². The zero-order chi connectivity index (χ0) is 12.7. The molecule has 0 unspecified atom stereocenters. The molecule has 0 fully saturated rings. The Hall–Kier alpha value is -1.46. The fraction of sp³-hybridized carbons (Fsp3) is 0.467. The maximum atomic E-state index is 5.99. The van der Waals surface area contributed by atoms with Gasteiger partial charge in [-0.25, -0.2) is 0 Å². The van der Waals surface area contributed by atoms with Crippen LogP contribution < -0.4 is 10.6 Å². The third-order valence-corrected chi connectivity index (χ3v) is 2.90. The molecule has 1 rings (SSSR count). The Bertz CT molecular complexity index is 362. The molecule has 0 aliphatic rings. The van der Waals surface area contributed by atoms with E-state index in [0.29, 0.717) is 6.54 Å². The van der Waals surface area contributed by atoms with Crippen LogP contribution in [0, 0.1) is 12.3 Å². The zero-order valence-electron chi connectivity index (χ0n) is 10.8. The lowest BCUT2D eigenvalue weighted by Gasteiger charge is -2.22. The van der Waals surface area contributed by atoms with Crippen LogP contribution >= 0.6 is 0 Å². The van der Waals surface area contributed by atoms with Gasteiger partial charge in [0.15, 0.2) is 0 Å². The molecule has 2 nitrogen and oxygen atoms in total. The average molecular weight is 230 g/mol. The van der Waals surface area contributed by atoms with E-state index in [2.05, 4.69) is 48.9 Å². The van der Waals surface area contributed by atoms with Gasteiger partial charge in [0.1, 0.15) is 0 Å². The first kappa shape index (κ1) is 13.6. The van der Waals surface area contributed by atoms with Gasteiger partial charge in [-0.05, 0) is 30.5 Å². The highest BCUT2D eigenvalue weighted by Gasteiger charge is 2.06. The van der Waals surface area contributed by atoms with Crippen LogP contribution in [-0.4, -0.2) is 13.1 Å². The number of anilines is 1. The summed E-state index contributed by atoms with van der Waals surface area (Å²) in [4.78, 5) is 2.21. The maximum Gasteiger partial charge on any atom is 0.0791 e. The van der Waals surface area contributed by atoms with Gasteiger partial charge >= 0.3 is 0 Å². The zero-order valence-corrected chi connectivity index (χ0v) is 10.8. The SMILES string of the molecule is C#CCN(CCC)c1ccc([C@H](N)CC)cc1. The fourth-order valence-corrected chi connectivity index (χ4v) is 1.85. The summed E-state index contributed by atoms with van der Waals surface area (Å²) in [5, 5.41) is 0. The predicted molar refractivity (Wildman–Crippen MR) is 75.0 cm³/mol. The second-order valence-corrected chi connectivity index (χ2v) is 4.23. The molecule has 0 aliphatic heterocycles. The monoisotopic (exact) mass is 230 g/mol. The van der Waals surface area contributed by atoms with Crippen molar-refractivity contribution in [2.75, 3.05) is 18.0 Å². The molecule has 2 N–H and O–H groups in total. The van der Waals surface area contributed by atoms with E-state index >= 15 is 0 Å². The van der Waals surface area contributed by atoms with Crippen LogP contribution in [0.15, 0.2) is 24.3 Å². The topological polar surface area (TPSA) is 29.3 Å². The number of nitrogens with two attached hydrogens (primary N) is 1. The summed E-state index contributed by atoms with van der Waals surface area (Å²) in [5.74, 6) is 2.70. The Morgan fingerprint density at radius 2 is 1.94 bits per heavy atom. The van der Waals surface area contributed by atoms with E-state index < -0.39 is 0 Å². The first-order valence-corrected chi connectivity index (χ1v) is 6.26. The number of hydrogen-bond acceptors (Lipinski definition) is 2. The highest BCUT2D eigenvalue weighted by atomic mass is 15.1. The quantitative estimate of drug-likeness (QED) is 0.761. The number of hydrogen-bond donors (Lipinski definition) is 1. The molecular weight excluding hydrogens is 208 g/mol. The van der Waals surface area contributed by atoms with Crippen LogP contribution in [-0.2, 0) is 0 Å². The number of benzene rings is 1. The molecule has 0 aromatic heterocycles. The molecule has 0 saturated carbocycles. The molecule has 0 aliphatic carbocycles. The second-order valence-electron chi connectivity index (χ2n) is 4.23. The molecule has 2 heteroatoms. The molecule has 1 aromatic rings. The summed E-state index contributed by atoms with van der Waals surface area (Å²) in [6.45, 7) is 5.90. The van der Waals surface area contributed by atoms with Crippen LogP contribution in [0.1, 0.15) is 38.3 Å².